The summed E-state index contributed by atoms with van der Waals surface area (Å²) in [5, 5.41) is 3.90. The standard InChI is InChI=1S/C10H9ClN2O2S/c1-8-3-4-10(9(11)7-8)16(14,15)13-6-2-5-12-13/h2-7H,1H3. The predicted octanol–water partition coefficient (Wildman–Crippen LogP) is 2.08. The minimum absolute atomic E-state index is 0.0588. The summed E-state index contributed by atoms with van der Waals surface area (Å²) in [6.45, 7) is 1.84. The zero-order chi connectivity index (χ0) is 11.8. The number of aromatic nitrogens is 2. The molecule has 0 amide bonds. The fraction of sp³-hybridized carbons (Fsp3) is 0.100. The van der Waals surface area contributed by atoms with Gasteiger partial charge in [0.1, 0.15) is 4.90 Å². The van der Waals surface area contributed by atoms with Crippen LogP contribution in [-0.2, 0) is 10.0 Å². The number of benzene rings is 1. The summed E-state index contributed by atoms with van der Waals surface area (Å²) < 4.78 is 25.0. The third-order valence-electron chi connectivity index (χ3n) is 2.09. The third-order valence-corrected chi connectivity index (χ3v) is 4.14. The first kappa shape index (κ1) is 11.2. The van der Waals surface area contributed by atoms with E-state index in [1.807, 2.05) is 6.92 Å². The molecule has 0 bridgehead atoms. The van der Waals surface area contributed by atoms with Gasteiger partial charge in [-0.2, -0.15) is 17.6 Å². The molecule has 0 aliphatic heterocycles. The molecular weight excluding hydrogens is 248 g/mol. The van der Waals surface area contributed by atoms with E-state index in [0.29, 0.717) is 0 Å². The van der Waals surface area contributed by atoms with E-state index in [9.17, 15) is 8.42 Å². The Morgan fingerprint density at radius 2 is 2.12 bits per heavy atom. The predicted molar refractivity (Wildman–Crippen MR) is 61.0 cm³/mol. The molecule has 84 valence electrons. The highest BCUT2D eigenvalue weighted by atomic mass is 35.5. The fourth-order valence-corrected chi connectivity index (χ4v) is 3.00. The summed E-state index contributed by atoms with van der Waals surface area (Å²) in [5.41, 5.74) is 0.907. The van der Waals surface area contributed by atoms with Gasteiger partial charge in [-0.15, -0.1) is 0 Å². The van der Waals surface area contributed by atoms with Crippen LogP contribution < -0.4 is 0 Å². The Kier molecular flexibility index (Phi) is 2.73. The molecule has 1 aromatic heterocycles. The monoisotopic (exact) mass is 256 g/mol. The normalized spacial score (nSPS) is 11.6. The van der Waals surface area contributed by atoms with Crippen LogP contribution >= 0.6 is 11.6 Å². The first-order valence-corrected chi connectivity index (χ1v) is 6.35. The molecule has 0 aliphatic carbocycles. The molecule has 2 rings (SSSR count). The van der Waals surface area contributed by atoms with Crippen LogP contribution in [0.15, 0.2) is 41.6 Å². The van der Waals surface area contributed by atoms with Crippen LogP contribution in [-0.4, -0.2) is 17.6 Å². The molecule has 0 atom stereocenters. The summed E-state index contributed by atoms with van der Waals surface area (Å²) in [6.07, 6.45) is 2.77. The smallest absolute Gasteiger partial charge is 0.199 e. The van der Waals surface area contributed by atoms with E-state index in [1.165, 1.54) is 18.5 Å². The van der Waals surface area contributed by atoms with Gasteiger partial charge in [0.25, 0.3) is 10.0 Å². The van der Waals surface area contributed by atoms with Crippen LogP contribution in [0, 0.1) is 6.92 Å². The molecule has 2 aromatic rings. The van der Waals surface area contributed by atoms with Gasteiger partial charge in [0.15, 0.2) is 0 Å². The number of aryl methyl sites for hydroxylation is 1. The van der Waals surface area contributed by atoms with Gasteiger partial charge in [0.2, 0.25) is 0 Å². The van der Waals surface area contributed by atoms with Gasteiger partial charge in [0.05, 0.1) is 11.2 Å². The van der Waals surface area contributed by atoms with E-state index in [0.717, 1.165) is 9.65 Å². The zero-order valence-electron chi connectivity index (χ0n) is 8.46. The highest BCUT2D eigenvalue weighted by Crippen LogP contribution is 2.23. The van der Waals surface area contributed by atoms with Gasteiger partial charge in [-0.25, -0.2) is 0 Å². The molecule has 6 heteroatoms. The van der Waals surface area contributed by atoms with Gasteiger partial charge >= 0.3 is 0 Å². The summed E-state index contributed by atoms with van der Waals surface area (Å²) in [7, 11) is -3.67. The Hall–Kier alpha value is -1.33. The zero-order valence-corrected chi connectivity index (χ0v) is 10.0. The van der Waals surface area contributed by atoms with E-state index < -0.39 is 10.0 Å². The molecule has 16 heavy (non-hydrogen) atoms. The second-order valence-electron chi connectivity index (χ2n) is 3.32. The van der Waals surface area contributed by atoms with Crippen molar-refractivity contribution in [2.75, 3.05) is 0 Å². The second kappa shape index (κ2) is 3.92. The Labute approximate surface area is 98.5 Å². The average Bonchev–Trinajstić information content (AvgIpc) is 2.69. The Morgan fingerprint density at radius 1 is 1.38 bits per heavy atom. The van der Waals surface area contributed by atoms with Crippen molar-refractivity contribution >= 4 is 21.6 Å². The molecule has 0 saturated carbocycles. The average molecular weight is 257 g/mol. The summed E-state index contributed by atoms with van der Waals surface area (Å²) in [5.74, 6) is 0. The Morgan fingerprint density at radius 3 is 2.69 bits per heavy atom. The molecule has 0 N–H and O–H groups in total. The Bertz CT molecular complexity index is 606. The summed E-state index contributed by atoms with van der Waals surface area (Å²) >= 11 is 5.91. The van der Waals surface area contributed by atoms with Crippen LogP contribution in [0.1, 0.15) is 5.56 Å². The fourth-order valence-electron chi connectivity index (χ4n) is 1.31. The SMILES string of the molecule is Cc1ccc(S(=O)(=O)n2cccn2)c(Cl)c1. The maximum Gasteiger partial charge on any atom is 0.284 e. The van der Waals surface area contributed by atoms with Crippen LogP contribution in [0.2, 0.25) is 5.02 Å². The topological polar surface area (TPSA) is 52.0 Å². The minimum Gasteiger partial charge on any atom is -0.199 e. The van der Waals surface area contributed by atoms with Crippen LogP contribution in [0.3, 0.4) is 0 Å². The van der Waals surface area contributed by atoms with Crippen molar-refractivity contribution in [3.8, 4) is 0 Å². The van der Waals surface area contributed by atoms with Gasteiger partial charge in [0, 0.05) is 6.20 Å². The lowest BCUT2D eigenvalue weighted by molar-refractivity contribution is 0.580. The quantitative estimate of drug-likeness (QED) is 0.827. The molecule has 1 aromatic carbocycles. The van der Waals surface area contributed by atoms with Crippen molar-refractivity contribution in [1.82, 2.24) is 9.19 Å². The van der Waals surface area contributed by atoms with E-state index in [-0.39, 0.29) is 9.92 Å². The van der Waals surface area contributed by atoms with E-state index in [1.54, 1.807) is 18.2 Å². The van der Waals surface area contributed by atoms with Crippen molar-refractivity contribution in [3.05, 3.63) is 47.2 Å². The van der Waals surface area contributed by atoms with Crippen LogP contribution in [0.4, 0.5) is 0 Å². The molecule has 1 heterocycles. The molecule has 4 nitrogen and oxygen atoms in total. The highest BCUT2D eigenvalue weighted by molar-refractivity contribution is 7.90. The highest BCUT2D eigenvalue weighted by Gasteiger charge is 2.20. The Balaban J connectivity index is 2.61. The number of hydrogen-bond acceptors (Lipinski definition) is 3. The van der Waals surface area contributed by atoms with E-state index in [2.05, 4.69) is 5.10 Å². The van der Waals surface area contributed by atoms with Crippen molar-refractivity contribution in [1.29, 1.82) is 0 Å². The van der Waals surface area contributed by atoms with E-state index in [4.69, 9.17) is 11.6 Å². The third kappa shape index (κ3) is 1.83. The molecular formula is C10H9ClN2O2S. The van der Waals surface area contributed by atoms with Crippen molar-refractivity contribution in [2.45, 2.75) is 11.8 Å². The van der Waals surface area contributed by atoms with Crippen LogP contribution in [0.25, 0.3) is 0 Å². The first-order chi connectivity index (χ1) is 7.51. The van der Waals surface area contributed by atoms with Gasteiger partial charge in [-0.05, 0) is 30.7 Å². The summed E-state index contributed by atoms with van der Waals surface area (Å²) in [6, 6.07) is 6.33. The number of halogens is 1. The molecule has 0 aliphatic rings. The van der Waals surface area contributed by atoms with Gasteiger partial charge in [-0.1, -0.05) is 17.7 Å². The van der Waals surface area contributed by atoms with Crippen molar-refractivity contribution < 1.29 is 8.42 Å². The second-order valence-corrected chi connectivity index (χ2v) is 5.49. The molecule has 0 saturated heterocycles. The maximum atomic E-state index is 12.0. The van der Waals surface area contributed by atoms with Gasteiger partial charge in [-0.3, -0.25) is 0 Å². The first-order valence-electron chi connectivity index (χ1n) is 4.53. The molecule has 0 fully saturated rings. The molecule has 0 spiro atoms. The maximum absolute atomic E-state index is 12.0. The summed E-state index contributed by atoms with van der Waals surface area (Å²) in [4.78, 5) is 0.0588. The number of hydrogen-bond donors (Lipinski definition) is 0. The van der Waals surface area contributed by atoms with Gasteiger partial charge < -0.3 is 0 Å². The molecule has 0 unspecified atom stereocenters. The van der Waals surface area contributed by atoms with Crippen LogP contribution in [0.5, 0.6) is 0 Å². The minimum atomic E-state index is -3.67. The van der Waals surface area contributed by atoms with E-state index >= 15 is 0 Å². The molecule has 0 radical (unpaired) electrons. The lowest BCUT2D eigenvalue weighted by atomic mass is 10.2. The number of rotatable bonds is 2. The van der Waals surface area contributed by atoms with Crippen molar-refractivity contribution in [3.63, 3.8) is 0 Å². The number of nitrogens with zero attached hydrogens (tertiary/aromatic N) is 2. The lowest BCUT2D eigenvalue weighted by Gasteiger charge is -2.06. The largest absolute Gasteiger partial charge is 0.284 e. The van der Waals surface area contributed by atoms with Crippen molar-refractivity contribution in [2.24, 2.45) is 0 Å². The lowest BCUT2D eigenvalue weighted by Crippen LogP contribution is -2.13.